The van der Waals surface area contributed by atoms with Gasteiger partial charge in [0.05, 0.1) is 5.76 Å². The molecule has 0 unspecified atom stereocenters. The van der Waals surface area contributed by atoms with E-state index in [-0.39, 0.29) is 5.41 Å². The summed E-state index contributed by atoms with van der Waals surface area (Å²) in [5.41, 5.74) is 0.406. The first-order valence-corrected chi connectivity index (χ1v) is 9.50. The number of hydrogen-bond acceptors (Lipinski definition) is 1. The Kier molecular flexibility index (Phi) is 3.44. The molecule has 0 aliphatic heterocycles. The monoisotopic (exact) mass is 238 g/mol. The Morgan fingerprint density at radius 1 is 1.31 bits per heavy atom. The Morgan fingerprint density at radius 3 is 2.31 bits per heavy atom. The molecule has 0 spiro atoms. The minimum absolute atomic E-state index is 0.0940. The van der Waals surface area contributed by atoms with E-state index in [0.29, 0.717) is 5.41 Å². The van der Waals surface area contributed by atoms with E-state index in [0.717, 1.165) is 12.8 Å². The highest BCUT2D eigenvalue weighted by molar-refractivity contribution is 6.70. The van der Waals surface area contributed by atoms with Gasteiger partial charge in [-0.2, -0.15) is 0 Å². The van der Waals surface area contributed by atoms with Gasteiger partial charge in [-0.1, -0.05) is 26.8 Å². The highest BCUT2D eigenvalue weighted by atomic mass is 28.4. The van der Waals surface area contributed by atoms with Crippen LogP contribution in [0.2, 0.25) is 19.6 Å². The van der Waals surface area contributed by atoms with E-state index >= 15 is 0 Å². The lowest BCUT2D eigenvalue weighted by Gasteiger charge is -2.41. The first-order chi connectivity index (χ1) is 7.05. The second kappa shape index (κ2) is 4.06. The fraction of sp³-hybridized carbons (Fsp3) is 0.714. The van der Waals surface area contributed by atoms with Gasteiger partial charge in [0.15, 0.2) is 0 Å². The summed E-state index contributed by atoms with van der Waals surface area (Å²) in [4.78, 5) is 0. The average molecular weight is 238 g/mol. The Morgan fingerprint density at radius 2 is 1.88 bits per heavy atom. The van der Waals surface area contributed by atoms with Crippen molar-refractivity contribution in [3.05, 3.63) is 24.5 Å². The van der Waals surface area contributed by atoms with Crippen molar-refractivity contribution in [3.8, 4) is 0 Å². The maximum atomic E-state index is 6.16. The van der Waals surface area contributed by atoms with Crippen molar-refractivity contribution in [2.45, 2.75) is 53.3 Å². The number of allylic oxidation sites excluding steroid dienone is 3. The van der Waals surface area contributed by atoms with Gasteiger partial charge >= 0.3 is 0 Å². The van der Waals surface area contributed by atoms with Gasteiger partial charge in [0.2, 0.25) is 8.32 Å². The summed E-state index contributed by atoms with van der Waals surface area (Å²) in [5.74, 6) is 1.18. The molecule has 92 valence electrons. The van der Waals surface area contributed by atoms with Gasteiger partial charge in [0, 0.05) is 11.8 Å². The van der Waals surface area contributed by atoms with Crippen LogP contribution in [0.4, 0.5) is 0 Å². The van der Waals surface area contributed by atoms with Gasteiger partial charge in [-0.15, -0.1) is 6.58 Å². The number of hydrogen-bond donors (Lipinski definition) is 0. The van der Waals surface area contributed by atoms with E-state index < -0.39 is 8.32 Å². The van der Waals surface area contributed by atoms with E-state index in [1.165, 1.54) is 5.76 Å². The van der Waals surface area contributed by atoms with Crippen molar-refractivity contribution >= 4 is 8.32 Å². The van der Waals surface area contributed by atoms with Crippen molar-refractivity contribution < 1.29 is 4.43 Å². The molecule has 1 aliphatic carbocycles. The fourth-order valence-corrected chi connectivity index (χ4v) is 3.54. The first-order valence-electron chi connectivity index (χ1n) is 6.10. The van der Waals surface area contributed by atoms with Crippen molar-refractivity contribution in [2.24, 2.45) is 10.8 Å². The molecule has 0 N–H and O–H groups in total. The van der Waals surface area contributed by atoms with E-state index in [1.807, 2.05) is 0 Å². The van der Waals surface area contributed by atoms with Crippen LogP contribution in [0, 0.1) is 10.8 Å². The highest BCUT2D eigenvalue weighted by Crippen LogP contribution is 2.46. The topological polar surface area (TPSA) is 9.23 Å². The summed E-state index contributed by atoms with van der Waals surface area (Å²) >= 11 is 0. The molecule has 1 rings (SSSR count). The SMILES string of the molecule is C=C[C@@]1(C)C=C(O[Si](C)(C)C)CC(C)(C)C1. The first kappa shape index (κ1) is 13.6. The van der Waals surface area contributed by atoms with Gasteiger partial charge in [-0.25, -0.2) is 0 Å². The molecular formula is C14H26OSi. The lowest BCUT2D eigenvalue weighted by molar-refractivity contribution is 0.194. The van der Waals surface area contributed by atoms with Gasteiger partial charge in [-0.05, 0) is 37.6 Å². The zero-order chi connectivity index (χ0) is 12.6. The second-order valence-electron chi connectivity index (χ2n) is 7.05. The van der Waals surface area contributed by atoms with Crippen LogP contribution in [0.1, 0.15) is 33.6 Å². The molecule has 16 heavy (non-hydrogen) atoms. The van der Waals surface area contributed by atoms with Crippen LogP contribution in [0.15, 0.2) is 24.5 Å². The molecule has 0 heterocycles. The third-order valence-corrected chi connectivity index (χ3v) is 3.78. The quantitative estimate of drug-likeness (QED) is 0.510. The van der Waals surface area contributed by atoms with Crippen LogP contribution in [0.5, 0.6) is 0 Å². The molecule has 2 heteroatoms. The van der Waals surface area contributed by atoms with E-state index in [1.54, 1.807) is 0 Å². The summed E-state index contributed by atoms with van der Waals surface area (Å²) in [6, 6.07) is 0. The predicted octanol–water partition coefficient (Wildman–Crippen LogP) is 4.73. The van der Waals surface area contributed by atoms with Crippen LogP contribution in [0.25, 0.3) is 0 Å². The molecule has 0 aromatic heterocycles. The molecule has 0 bridgehead atoms. The molecule has 0 aromatic rings. The normalized spacial score (nSPS) is 29.5. The molecule has 0 aromatic carbocycles. The van der Waals surface area contributed by atoms with Crippen LogP contribution in [-0.2, 0) is 4.43 Å². The van der Waals surface area contributed by atoms with Crippen LogP contribution in [-0.4, -0.2) is 8.32 Å². The Hall–Kier alpha value is -0.503. The molecule has 0 amide bonds. The smallest absolute Gasteiger partial charge is 0.241 e. The summed E-state index contributed by atoms with van der Waals surface area (Å²) in [6.07, 6.45) is 6.55. The van der Waals surface area contributed by atoms with Gasteiger partial charge in [-0.3, -0.25) is 0 Å². The summed E-state index contributed by atoms with van der Waals surface area (Å²) in [5, 5.41) is 0. The third-order valence-electron chi connectivity index (χ3n) is 2.91. The summed E-state index contributed by atoms with van der Waals surface area (Å²) in [6.45, 7) is 17.5. The van der Waals surface area contributed by atoms with Gasteiger partial charge < -0.3 is 4.43 Å². The van der Waals surface area contributed by atoms with Crippen molar-refractivity contribution in [2.75, 3.05) is 0 Å². The average Bonchev–Trinajstić information content (AvgIpc) is 1.96. The van der Waals surface area contributed by atoms with Crippen LogP contribution < -0.4 is 0 Å². The molecule has 0 saturated heterocycles. The summed E-state index contributed by atoms with van der Waals surface area (Å²) in [7, 11) is -1.49. The van der Waals surface area contributed by atoms with Crippen molar-refractivity contribution in [1.82, 2.24) is 0 Å². The van der Waals surface area contributed by atoms with E-state index in [4.69, 9.17) is 4.43 Å². The standard InChI is InChI=1S/C14H26OSi/c1-8-14(4)10-12(15-16(5,6)7)9-13(2,3)11-14/h8,10H,1,9,11H2,2-7H3/t14-/m0/s1. The van der Waals surface area contributed by atoms with Crippen molar-refractivity contribution in [3.63, 3.8) is 0 Å². The van der Waals surface area contributed by atoms with Crippen LogP contribution >= 0.6 is 0 Å². The Balaban J connectivity index is 2.96. The molecule has 1 nitrogen and oxygen atoms in total. The van der Waals surface area contributed by atoms with E-state index in [9.17, 15) is 0 Å². The zero-order valence-corrected chi connectivity index (χ0v) is 12.7. The number of rotatable bonds is 3. The van der Waals surface area contributed by atoms with Crippen LogP contribution in [0.3, 0.4) is 0 Å². The minimum Gasteiger partial charge on any atom is -0.548 e. The largest absolute Gasteiger partial charge is 0.548 e. The molecule has 1 atom stereocenters. The molecular weight excluding hydrogens is 212 g/mol. The maximum Gasteiger partial charge on any atom is 0.241 e. The second-order valence-corrected chi connectivity index (χ2v) is 11.5. The Labute approximate surface area is 102 Å². The van der Waals surface area contributed by atoms with Gasteiger partial charge in [0.25, 0.3) is 0 Å². The minimum atomic E-state index is -1.49. The summed E-state index contributed by atoms with van der Waals surface area (Å²) < 4.78 is 6.16. The lowest BCUT2D eigenvalue weighted by Crippen LogP contribution is -2.33. The van der Waals surface area contributed by atoms with Gasteiger partial charge in [0.1, 0.15) is 0 Å². The molecule has 0 saturated carbocycles. The third kappa shape index (κ3) is 3.82. The zero-order valence-electron chi connectivity index (χ0n) is 11.7. The Bertz CT molecular complexity index is 309. The molecule has 1 aliphatic rings. The molecule has 0 fully saturated rings. The lowest BCUT2D eigenvalue weighted by atomic mass is 9.68. The highest BCUT2D eigenvalue weighted by Gasteiger charge is 2.36. The predicted molar refractivity (Wildman–Crippen MR) is 73.8 cm³/mol. The van der Waals surface area contributed by atoms with E-state index in [2.05, 4.69) is 59.1 Å². The molecule has 0 radical (unpaired) electrons. The van der Waals surface area contributed by atoms with Crippen molar-refractivity contribution in [1.29, 1.82) is 0 Å². The fourth-order valence-electron chi connectivity index (χ4n) is 2.63. The maximum absolute atomic E-state index is 6.16.